The summed E-state index contributed by atoms with van der Waals surface area (Å²) < 4.78 is 12.4. The molecular weight excluding hydrogens is 406 g/mol. The fourth-order valence-electron chi connectivity index (χ4n) is 4.78. The molecule has 2 bridgehead atoms. The van der Waals surface area contributed by atoms with Crippen molar-refractivity contribution in [2.45, 2.75) is 25.7 Å². The predicted molar refractivity (Wildman–Crippen MR) is 112 cm³/mol. The van der Waals surface area contributed by atoms with Gasteiger partial charge in [-0.05, 0) is 17.7 Å². The number of nitriles is 3. The molecule has 0 spiro atoms. The number of amides is 1. The first-order chi connectivity index (χ1) is 15.3. The second-order valence-electron chi connectivity index (χ2n) is 7.94. The Balaban J connectivity index is 1.95. The van der Waals surface area contributed by atoms with Gasteiger partial charge in [-0.3, -0.25) is 10.2 Å². The Morgan fingerprint density at radius 2 is 1.66 bits per heavy atom. The molecule has 2 heterocycles. The van der Waals surface area contributed by atoms with E-state index in [1.165, 1.54) is 6.92 Å². The highest BCUT2D eigenvalue weighted by atomic mass is 16.7. The van der Waals surface area contributed by atoms with Gasteiger partial charge in [-0.1, -0.05) is 49.4 Å². The fraction of sp³-hybridized carbons (Fsp3) is 0.292. The number of fused-ring (bicyclic) bond motifs is 2. The molecule has 2 fully saturated rings. The van der Waals surface area contributed by atoms with Gasteiger partial charge >= 0.3 is 0 Å². The molecular formula is C24H19N5O3. The summed E-state index contributed by atoms with van der Waals surface area (Å²) in [5.41, 5.74) is -2.33. The number of nitrogens with one attached hydrogen (secondary N) is 2. The van der Waals surface area contributed by atoms with E-state index < -0.39 is 34.5 Å². The number of carbonyl (C=O) groups is 1. The van der Waals surface area contributed by atoms with E-state index in [2.05, 4.69) is 11.4 Å². The molecule has 4 unspecified atom stereocenters. The lowest BCUT2D eigenvalue weighted by Crippen LogP contribution is -2.57. The number of hydrogen-bond acceptors (Lipinski definition) is 7. The van der Waals surface area contributed by atoms with E-state index in [9.17, 15) is 20.6 Å². The van der Waals surface area contributed by atoms with Crippen molar-refractivity contribution in [2.75, 3.05) is 5.32 Å². The predicted octanol–water partition coefficient (Wildman–Crippen LogP) is 3.76. The van der Waals surface area contributed by atoms with Gasteiger partial charge in [0, 0.05) is 18.2 Å². The van der Waals surface area contributed by atoms with Crippen molar-refractivity contribution >= 4 is 17.5 Å². The Morgan fingerprint density at radius 1 is 1.03 bits per heavy atom. The zero-order chi connectivity index (χ0) is 23.1. The van der Waals surface area contributed by atoms with Crippen molar-refractivity contribution < 1.29 is 14.3 Å². The van der Waals surface area contributed by atoms with Gasteiger partial charge in [-0.2, -0.15) is 15.8 Å². The molecule has 0 saturated carbocycles. The SMILES string of the molecule is CC(=O)Nc1ccc(C2OC3(c4ccccc4)OC(=N)C(C#N)(C3C)C2(C#N)C#N)cc1. The summed E-state index contributed by atoms with van der Waals surface area (Å²) in [6.07, 6.45) is -1.19. The Morgan fingerprint density at radius 3 is 2.19 bits per heavy atom. The van der Waals surface area contributed by atoms with Crippen LogP contribution in [0.3, 0.4) is 0 Å². The monoisotopic (exact) mass is 425 g/mol. The minimum atomic E-state index is -2.04. The van der Waals surface area contributed by atoms with Crippen LogP contribution in [0.4, 0.5) is 5.69 Å². The highest BCUT2D eigenvalue weighted by Crippen LogP contribution is 2.68. The van der Waals surface area contributed by atoms with E-state index in [-0.39, 0.29) is 5.91 Å². The zero-order valence-corrected chi connectivity index (χ0v) is 17.4. The molecule has 2 aromatic rings. The minimum Gasteiger partial charge on any atom is -0.443 e. The third-order valence-corrected chi connectivity index (χ3v) is 6.38. The van der Waals surface area contributed by atoms with Crippen molar-refractivity contribution in [3.8, 4) is 18.2 Å². The van der Waals surface area contributed by atoms with Crippen LogP contribution in [0.5, 0.6) is 0 Å². The number of ether oxygens (including phenoxy) is 2. The van der Waals surface area contributed by atoms with Crippen LogP contribution in [0, 0.1) is 56.2 Å². The van der Waals surface area contributed by atoms with Gasteiger partial charge in [0.2, 0.25) is 23.0 Å². The molecule has 0 aromatic heterocycles. The molecule has 2 saturated heterocycles. The topological polar surface area (TPSA) is 143 Å². The van der Waals surface area contributed by atoms with Crippen LogP contribution in [-0.2, 0) is 20.1 Å². The first kappa shape index (κ1) is 21.1. The Bertz CT molecular complexity index is 1210. The van der Waals surface area contributed by atoms with E-state index in [0.717, 1.165) is 0 Å². The third kappa shape index (κ3) is 2.49. The lowest BCUT2D eigenvalue weighted by atomic mass is 9.53. The van der Waals surface area contributed by atoms with E-state index in [1.54, 1.807) is 55.5 Å². The van der Waals surface area contributed by atoms with Gasteiger partial charge in [-0.25, -0.2) is 0 Å². The molecule has 32 heavy (non-hydrogen) atoms. The summed E-state index contributed by atoms with van der Waals surface area (Å²) in [4.78, 5) is 11.3. The van der Waals surface area contributed by atoms with Gasteiger partial charge in [-0.15, -0.1) is 0 Å². The number of nitrogens with zero attached hydrogens (tertiary/aromatic N) is 3. The molecule has 2 aromatic carbocycles. The largest absolute Gasteiger partial charge is 0.443 e. The molecule has 1 amide bonds. The van der Waals surface area contributed by atoms with Gasteiger partial charge < -0.3 is 14.8 Å². The number of benzene rings is 2. The minimum absolute atomic E-state index is 0.241. The molecule has 4 atom stereocenters. The van der Waals surface area contributed by atoms with Gasteiger partial charge in [0.15, 0.2) is 5.41 Å². The van der Waals surface area contributed by atoms with Crippen LogP contribution in [-0.4, -0.2) is 11.8 Å². The first-order valence-electron chi connectivity index (χ1n) is 9.94. The van der Waals surface area contributed by atoms with Crippen LogP contribution in [0.1, 0.15) is 31.1 Å². The van der Waals surface area contributed by atoms with Crippen molar-refractivity contribution in [3.05, 3.63) is 65.7 Å². The highest BCUT2D eigenvalue weighted by Gasteiger charge is 2.79. The van der Waals surface area contributed by atoms with Crippen molar-refractivity contribution in [1.29, 1.82) is 21.2 Å². The molecule has 158 valence electrons. The van der Waals surface area contributed by atoms with Gasteiger partial charge in [0.05, 0.1) is 24.1 Å². The normalized spacial score (nSPS) is 29.7. The highest BCUT2D eigenvalue weighted by molar-refractivity contribution is 5.90. The van der Waals surface area contributed by atoms with Crippen molar-refractivity contribution in [3.63, 3.8) is 0 Å². The summed E-state index contributed by atoms with van der Waals surface area (Å²) in [6.45, 7) is 3.05. The second-order valence-corrected chi connectivity index (χ2v) is 7.94. The van der Waals surface area contributed by atoms with E-state index >= 15 is 0 Å². The molecule has 4 rings (SSSR count). The number of hydrogen-bond donors (Lipinski definition) is 2. The van der Waals surface area contributed by atoms with Crippen LogP contribution >= 0.6 is 0 Å². The summed E-state index contributed by atoms with van der Waals surface area (Å²) in [7, 11) is 0. The first-order valence-corrected chi connectivity index (χ1v) is 9.94. The summed E-state index contributed by atoms with van der Waals surface area (Å²) >= 11 is 0. The Kier molecular flexibility index (Phi) is 4.74. The maximum absolute atomic E-state index is 11.3. The second kappa shape index (κ2) is 7.20. The molecule has 8 heteroatoms. The van der Waals surface area contributed by atoms with Crippen LogP contribution < -0.4 is 5.32 Å². The van der Waals surface area contributed by atoms with Crippen LogP contribution in [0.25, 0.3) is 0 Å². The van der Waals surface area contributed by atoms with Crippen LogP contribution in [0.2, 0.25) is 0 Å². The molecule has 2 aliphatic rings. The quantitative estimate of drug-likeness (QED) is 0.766. The van der Waals surface area contributed by atoms with E-state index in [4.69, 9.17) is 14.9 Å². The summed E-state index contributed by atoms with van der Waals surface area (Å²) in [5.74, 6) is -3.04. The maximum atomic E-state index is 11.3. The Hall–Kier alpha value is -4.19. The third-order valence-electron chi connectivity index (χ3n) is 6.38. The number of rotatable bonds is 3. The summed E-state index contributed by atoms with van der Waals surface area (Å²) in [5, 5.41) is 42.0. The lowest BCUT2D eigenvalue weighted by molar-refractivity contribution is -0.288. The van der Waals surface area contributed by atoms with Crippen molar-refractivity contribution in [2.24, 2.45) is 16.7 Å². The standard InChI is InChI=1S/C24H19N5O3/c1-15-23(14-27)21(28)32-24(15,18-6-4-3-5-7-18)31-20(22(23,12-25)13-26)17-8-10-19(11-9-17)29-16(2)30/h3-11,15,20,28H,1-2H3,(H,29,30). The average molecular weight is 425 g/mol. The molecule has 2 aliphatic heterocycles. The average Bonchev–Trinajstić information content (AvgIpc) is 2.96. The smallest absolute Gasteiger partial charge is 0.244 e. The lowest BCUT2D eigenvalue weighted by Gasteiger charge is -2.48. The van der Waals surface area contributed by atoms with Crippen LogP contribution in [0.15, 0.2) is 54.6 Å². The molecule has 0 aliphatic carbocycles. The number of carbonyl (C=O) groups excluding carboxylic acids is 1. The molecule has 0 radical (unpaired) electrons. The number of anilines is 1. The van der Waals surface area contributed by atoms with Gasteiger partial charge in [0.1, 0.15) is 6.10 Å². The zero-order valence-electron chi connectivity index (χ0n) is 17.4. The fourth-order valence-corrected chi connectivity index (χ4v) is 4.78. The van der Waals surface area contributed by atoms with E-state index in [1.807, 2.05) is 18.2 Å². The maximum Gasteiger partial charge on any atom is 0.244 e. The van der Waals surface area contributed by atoms with Crippen molar-refractivity contribution in [1.82, 2.24) is 0 Å². The molecule has 8 nitrogen and oxygen atoms in total. The molecule has 2 N–H and O–H groups in total. The Labute approximate surface area is 185 Å². The summed E-state index contributed by atoms with van der Waals surface area (Å²) in [6, 6.07) is 21.5. The van der Waals surface area contributed by atoms with Gasteiger partial charge in [0.25, 0.3) is 0 Å². The van der Waals surface area contributed by atoms with E-state index in [0.29, 0.717) is 16.8 Å².